The fourth-order valence-electron chi connectivity index (χ4n) is 1.59. The highest BCUT2D eigenvalue weighted by Gasteiger charge is 2.10. The van der Waals surface area contributed by atoms with Crippen LogP contribution in [0.15, 0.2) is 30.5 Å². The molecule has 98 valence electrons. The predicted molar refractivity (Wildman–Crippen MR) is 77.8 cm³/mol. The minimum atomic E-state index is -0.329. The molecule has 0 aliphatic rings. The number of anilines is 2. The summed E-state index contributed by atoms with van der Waals surface area (Å²) < 4.78 is 0. The third-order valence-electron chi connectivity index (χ3n) is 2.46. The summed E-state index contributed by atoms with van der Waals surface area (Å²) >= 11 is 11.7. The van der Waals surface area contributed by atoms with Crippen LogP contribution < -0.4 is 11.1 Å². The lowest BCUT2D eigenvalue weighted by Gasteiger charge is -2.08. The smallest absolute Gasteiger partial charge is 0.256 e. The molecule has 2 rings (SSSR count). The average Bonchev–Trinajstić information content (AvgIpc) is 2.31. The van der Waals surface area contributed by atoms with Crippen LogP contribution in [0.25, 0.3) is 0 Å². The number of hydrogen-bond donors (Lipinski definition) is 2. The van der Waals surface area contributed by atoms with E-state index < -0.39 is 0 Å². The normalized spacial score (nSPS) is 10.3. The molecule has 0 bridgehead atoms. The Bertz CT molecular complexity index is 624. The molecule has 3 N–H and O–H groups in total. The highest BCUT2D eigenvalue weighted by atomic mass is 35.5. The summed E-state index contributed by atoms with van der Waals surface area (Å²) in [6.45, 7) is 1.81. The zero-order chi connectivity index (χ0) is 14.0. The molecule has 0 spiro atoms. The van der Waals surface area contributed by atoms with E-state index in [0.29, 0.717) is 27.1 Å². The first-order valence-electron chi connectivity index (χ1n) is 5.45. The lowest BCUT2D eigenvalue weighted by molar-refractivity contribution is 0.102. The zero-order valence-electron chi connectivity index (χ0n) is 10.1. The molecule has 0 radical (unpaired) electrons. The number of nitrogens with zero attached hydrogens (tertiary/aromatic N) is 1. The minimum Gasteiger partial charge on any atom is -0.397 e. The molecule has 1 amide bonds. The number of carbonyl (C=O) groups excluding carboxylic acids is 1. The van der Waals surface area contributed by atoms with E-state index in [-0.39, 0.29) is 5.91 Å². The van der Waals surface area contributed by atoms with Crippen molar-refractivity contribution in [1.82, 2.24) is 4.98 Å². The van der Waals surface area contributed by atoms with Crippen molar-refractivity contribution in [1.29, 1.82) is 0 Å². The van der Waals surface area contributed by atoms with Crippen LogP contribution in [-0.2, 0) is 0 Å². The first-order valence-corrected chi connectivity index (χ1v) is 6.21. The Morgan fingerprint density at radius 2 is 1.84 bits per heavy atom. The van der Waals surface area contributed by atoms with Gasteiger partial charge in [-0.05, 0) is 36.8 Å². The van der Waals surface area contributed by atoms with Crippen LogP contribution in [0.4, 0.5) is 11.5 Å². The lowest BCUT2D eigenvalue weighted by Crippen LogP contribution is -2.14. The first kappa shape index (κ1) is 13.6. The molecule has 6 heteroatoms. The number of aromatic nitrogens is 1. The van der Waals surface area contributed by atoms with Gasteiger partial charge in [-0.25, -0.2) is 4.98 Å². The summed E-state index contributed by atoms with van der Waals surface area (Å²) in [6.07, 6.45) is 1.48. The summed E-state index contributed by atoms with van der Waals surface area (Å²) in [4.78, 5) is 16.1. The molecule has 0 saturated heterocycles. The fourth-order valence-corrected chi connectivity index (χ4v) is 2.12. The minimum absolute atomic E-state index is 0.329. The van der Waals surface area contributed by atoms with Gasteiger partial charge in [-0.1, -0.05) is 23.2 Å². The fraction of sp³-hybridized carbons (Fsp3) is 0.0769. The molecular weight excluding hydrogens is 285 g/mol. The van der Waals surface area contributed by atoms with Crippen LogP contribution in [0.2, 0.25) is 10.0 Å². The number of rotatable bonds is 2. The second-order valence-electron chi connectivity index (χ2n) is 4.05. The Hall–Kier alpha value is -1.78. The highest BCUT2D eigenvalue weighted by Crippen LogP contribution is 2.20. The Morgan fingerprint density at radius 3 is 2.42 bits per heavy atom. The predicted octanol–water partition coefficient (Wildman–Crippen LogP) is 3.53. The molecule has 0 unspecified atom stereocenters. The van der Waals surface area contributed by atoms with Gasteiger partial charge >= 0.3 is 0 Å². The van der Waals surface area contributed by atoms with Crippen molar-refractivity contribution in [2.45, 2.75) is 6.92 Å². The quantitative estimate of drug-likeness (QED) is 0.890. The lowest BCUT2D eigenvalue weighted by atomic mass is 10.2. The van der Waals surface area contributed by atoms with Crippen molar-refractivity contribution >= 4 is 40.6 Å². The van der Waals surface area contributed by atoms with E-state index in [1.54, 1.807) is 12.1 Å². The molecule has 19 heavy (non-hydrogen) atoms. The van der Waals surface area contributed by atoms with Crippen LogP contribution >= 0.6 is 23.2 Å². The van der Waals surface area contributed by atoms with Crippen LogP contribution in [0.1, 0.15) is 15.9 Å². The molecule has 0 fully saturated rings. The average molecular weight is 296 g/mol. The largest absolute Gasteiger partial charge is 0.397 e. The van der Waals surface area contributed by atoms with Gasteiger partial charge in [-0.2, -0.15) is 0 Å². The van der Waals surface area contributed by atoms with E-state index in [1.807, 2.05) is 6.92 Å². The first-order chi connectivity index (χ1) is 8.95. The number of carbonyl (C=O) groups is 1. The number of benzene rings is 1. The maximum absolute atomic E-state index is 12.1. The Balaban J connectivity index is 2.25. The van der Waals surface area contributed by atoms with E-state index in [1.165, 1.54) is 18.3 Å². The summed E-state index contributed by atoms with van der Waals surface area (Å²) in [7, 11) is 0. The van der Waals surface area contributed by atoms with Gasteiger partial charge in [0.05, 0.1) is 11.9 Å². The highest BCUT2D eigenvalue weighted by molar-refractivity contribution is 6.35. The molecule has 1 aromatic heterocycles. The second-order valence-corrected chi connectivity index (χ2v) is 4.92. The third kappa shape index (κ3) is 3.36. The zero-order valence-corrected chi connectivity index (χ0v) is 11.6. The monoisotopic (exact) mass is 295 g/mol. The molecule has 0 saturated carbocycles. The number of nitrogens with two attached hydrogens (primary N) is 1. The molecule has 1 aromatic carbocycles. The number of nitrogen functional groups attached to an aromatic ring is 1. The van der Waals surface area contributed by atoms with Crippen LogP contribution in [0, 0.1) is 6.92 Å². The van der Waals surface area contributed by atoms with Crippen molar-refractivity contribution in [3.63, 3.8) is 0 Å². The van der Waals surface area contributed by atoms with E-state index in [0.717, 1.165) is 5.56 Å². The summed E-state index contributed by atoms with van der Waals surface area (Å²) in [5, 5.41) is 3.49. The maximum atomic E-state index is 12.1. The van der Waals surface area contributed by atoms with Crippen molar-refractivity contribution in [2.24, 2.45) is 0 Å². The number of amides is 1. The van der Waals surface area contributed by atoms with E-state index in [4.69, 9.17) is 28.9 Å². The van der Waals surface area contributed by atoms with Gasteiger partial charge < -0.3 is 11.1 Å². The van der Waals surface area contributed by atoms with Crippen molar-refractivity contribution < 1.29 is 4.79 Å². The molecule has 2 aromatic rings. The number of aryl methyl sites for hydroxylation is 1. The third-order valence-corrected chi connectivity index (χ3v) is 2.89. The van der Waals surface area contributed by atoms with Gasteiger partial charge in [0.2, 0.25) is 0 Å². The molecule has 0 aliphatic heterocycles. The molecule has 4 nitrogen and oxygen atoms in total. The number of hydrogen-bond acceptors (Lipinski definition) is 3. The SMILES string of the molecule is Cc1cc(N)cnc1NC(=O)c1cc(Cl)cc(Cl)c1. The Labute approximate surface area is 120 Å². The van der Waals surface area contributed by atoms with E-state index in [2.05, 4.69) is 10.3 Å². The van der Waals surface area contributed by atoms with Crippen LogP contribution in [0.5, 0.6) is 0 Å². The van der Waals surface area contributed by atoms with Crippen LogP contribution in [-0.4, -0.2) is 10.9 Å². The van der Waals surface area contributed by atoms with Crippen molar-refractivity contribution in [2.75, 3.05) is 11.1 Å². The van der Waals surface area contributed by atoms with Gasteiger partial charge in [-0.3, -0.25) is 4.79 Å². The van der Waals surface area contributed by atoms with Gasteiger partial charge in [0.15, 0.2) is 0 Å². The van der Waals surface area contributed by atoms with Crippen molar-refractivity contribution in [3.05, 3.63) is 51.6 Å². The second kappa shape index (κ2) is 5.47. The number of halogens is 2. The molecule has 1 heterocycles. The summed E-state index contributed by atoms with van der Waals surface area (Å²) in [6, 6.07) is 6.37. The summed E-state index contributed by atoms with van der Waals surface area (Å²) in [5.41, 5.74) is 7.29. The summed E-state index contributed by atoms with van der Waals surface area (Å²) in [5.74, 6) is 0.125. The molecule has 0 atom stereocenters. The Morgan fingerprint density at radius 1 is 1.21 bits per heavy atom. The number of nitrogens with one attached hydrogen (secondary N) is 1. The maximum Gasteiger partial charge on any atom is 0.256 e. The molecular formula is C13H11Cl2N3O. The standard InChI is InChI=1S/C13H11Cl2N3O/c1-7-2-11(16)6-17-12(7)18-13(19)8-3-9(14)5-10(15)4-8/h2-6H,16H2,1H3,(H,17,18,19). The van der Waals surface area contributed by atoms with Gasteiger partial charge in [0, 0.05) is 15.6 Å². The molecule has 0 aliphatic carbocycles. The van der Waals surface area contributed by atoms with Gasteiger partial charge in [0.1, 0.15) is 5.82 Å². The van der Waals surface area contributed by atoms with E-state index in [9.17, 15) is 4.79 Å². The van der Waals surface area contributed by atoms with Crippen molar-refractivity contribution in [3.8, 4) is 0 Å². The van der Waals surface area contributed by atoms with E-state index >= 15 is 0 Å². The number of pyridine rings is 1. The Kier molecular flexibility index (Phi) is 3.93. The topological polar surface area (TPSA) is 68.0 Å². The van der Waals surface area contributed by atoms with Gasteiger partial charge in [0.25, 0.3) is 5.91 Å². The van der Waals surface area contributed by atoms with Crippen LogP contribution in [0.3, 0.4) is 0 Å². The van der Waals surface area contributed by atoms with Gasteiger partial charge in [-0.15, -0.1) is 0 Å².